The third-order valence-corrected chi connectivity index (χ3v) is 3.38. The van der Waals surface area contributed by atoms with Crippen molar-refractivity contribution in [3.63, 3.8) is 0 Å². The smallest absolute Gasteiger partial charge is 0.270 e. The third-order valence-electron chi connectivity index (χ3n) is 2.43. The first-order valence-corrected chi connectivity index (χ1v) is 6.44. The highest BCUT2D eigenvalue weighted by molar-refractivity contribution is 8.00. The van der Waals surface area contributed by atoms with Crippen LogP contribution in [0.25, 0.3) is 0 Å². The highest BCUT2D eigenvalue weighted by atomic mass is 32.2. The summed E-state index contributed by atoms with van der Waals surface area (Å²) in [5, 5.41) is 14.6. The number of nitro benzene ring substituents is 1. The van der Waals surface area contributed by atoms with E-state index >= 15 is 0 Å². The summed E-state index contributed by atoms with van der Waals surface area (Å²) in [6.45, 7) is 0. The molecule has 0 N–H and O–H groups in total. The molecule has 1 aromatic heterocycles. The van der Waals surface area contributed by atoms with E-state index < -0.39 is 4.92 Å². The number of thioether (sulfide) groups is 1. The molecule has 0 saturated heterocycles. The average molecular weight is 277 g/mol. The lowest BCUT2D eigenvalue weighted by Gasteiger charge is -1.99. The van der Waals surface area contributed by atoms with Crippen molar-refractivity contribution in [3.8, 4) is 0 Å². The van der Waals surface area contributed by atoms with Gasteiger partial charge in [-0.1, -0.05) is 12.1 Å². The molecular weight excluding hydrogens is 266 g/mol. The number of carbonyl (C=O) groups excluding carboxylic acids is 1. The van der Waals surface area contributed by atoms with Gasteiger partial charge < -0.3 is 0 Å². The Kier molecular flexibility index (Phi) is 3.96. The molecule has 98 valence electrons. The maximum absolute atomic E-state index is 11.9. The molecule has 0 radical (unpaired) electrons. The minimum atomic E-state index is -0.509. The van der Waals surface area contributed by atoms with Crippen molar-refractivity contribution in [1.82, 2.24) is 9.78 Å². The third kappa shape index (κ3) is 3.41. The molecule has 0 amide bonds. The van der Waals surface area contributed by atoms with Gasteiger partial charge in [0.25, 0.3) is 5.69 Å². The minimum Gasteiger partial charge on any atom is -0.293 e. The maximum Gasteiger partial charge on any atom is 0.270 e. The van der Waals surface area contributed by atoms with Crippen LogP contribution in [0.2, 0.25) is 0 Å². The number of carbonyl (C=O) groups is 1. The van der Waals surface area contributed by atoms with E-state index in [1.165, 1.54) is 30.0 Å². The first-order chi connectivity index (χ1) is 9.06. The Morgan fingerprint density at radius 3 is 2.95 bits per heavy atom. The van der Waals surface area contributed by atoms with Gasteiger partial charge in [-0.2, -0.15) is 5.10 Å². The molecule has 0 spiro atoms. The number of hydrogen-bond acceptors (Lipinski definition) is 5. The van der Waals surface area contributed by atoms with Crippen LogP contribution < -0.4 is 0 Å². The van der Waals surface area contributed by atoms with Gasteiger partial charge in [-0.05, 0) is 0 Å². The van der Waals surface area contributed by atoms with Crippen LogP contribution in [0.3, 0.4) is 0 Å². The Morgan fingerprint density at radius 2 is 2.32 bits per heavy atom. The number of hydrogen-bond donors (Lipinski definition) is 0. The van der Waals surface area contributed by atoms with Gasteiger partial charge in [0.15, 0.2) is 5.78 Å². The van der Waals surface area contributed by atoms with Crippen LogP contribution in [0.1, 0.15) is 10.4 Å². The largest absolute Gasteiger partial charge is 0.293 e. The second-order valence-electron chi connectivity index (χ2n) is 3.87. The molecule has 19 heavy (non-hydrogen) atoms. The number of rotatable bonds is 5. The van der Waals surface area contributed by atoms with Crippen molar-refractivity contribution < 1.29 is 9.72 Å². The second kappa shape index (κ2) is 5.66. The molecule has 1 aromatic carbocycles. The van der Waals surface area contributed by atoms with Gasteiger partial charge in [-0.25, -0.2) is 0 Å². The number of Topliss-reactive ketones (excluding diaryl/α,β-unsaturated/α-hetero) is 1. The maximum atomic E-state index is 11.9. The number of nitrogens with zero attached hydrogens (tertiary/aromatic N) is 3. The van der Waals surface area contributed by atoms with Crippen molar-refractivity contribution >= 4 is 23.2 Å². The van der Waals surface area contributed by atoms with Crippen LogP contribution >= 0.6 is 11.8 Å². The van der Waals surface area contributed by atoms with Gasteiger partial charge in [-0.3, -0.25) is 19.6 Å². The first-order valence-electron chi connectivity index (χ1n) is 5.45. The predicted octanol–water partition coefficient (Wildman–Crippen LogP) is 2.30. The molecule has 0 unspecified atom stereocenters. The van der Waals surface area contributed by atoms with E-state index in [9.17, 15) is 14.9 Å². The lowest BCUT2D eigenvalue weighted by molar-refractivity contribution is -0.384. The number of non-ortho nitro benzene ring substituents is 1. The monoisotopic (exact) mass is 277 g/mol. The topological polar surface area (TPSA) is 78.0 Å². The summed E-state index contributed by atoms with van der Waals surface area (Å²) in [6, 6.07) is 5.76. The lowest BCUT2D eigenvalue weighted by atomic mass is 10.1. The van der Waals surface area contributed by atoms with Crippen molar-refractivity contribution in [2.45, 2.75) is 4.90 Å². The van der Waals surface area contributed by atoms with Gasteiger partial charge in [0.1, 0.15) is 0 Å². The van der Waals surface area contributed by atoms with Crippen LogP contribution in [0.4, 0.5) is 5.69 Å². The zero-order valence-corrected chi connectivity index (χ0v) is 11.0. The zero-order valence-electron chi connectivity index (χ0n) is 10.1. The predicted molar refractivity (Wildman–Crippen MR) is 71.4 cm³/mol. The molecular formula is C12H11N3O3S. The van der Waals surface area contributed by atoms with Crippen molar-refractivity contribution in [2.24, 2.45) is 7.05 Å². The molecule has 0 atom stereocenters. The van der Waals surface area contributed by atoms with Gasteiger partial charge in [0.05, 0.1) is 16.9 Å². The van der Waals surface area contributed by atoms with Crippen LogP contribution in [0.5, 0.6) is 0 Å². The number of aryl methyl sites for hydroxylation is 1. The molecule has 6 nitrogen and oxygen atoms in total. The summed E-state index contributed by atoms with van der Waals surface area (Å²) in [5.74, 6) is 0.0879. The number of aromatic nitrogens is 2. The van der Waals surface area contributed by atoms with Crippen LogP contribution in [0.15, 0.2) is 41.6 Å². The number of ketones is 1. The average Bonchev–Trinajstić information content (AvgIpc) is 2.82. The van der Waals surface area contributed by atoms with Gasteiger partial charge >= 0.3 is 0 Å². The molecule has 2 aromatic rings. The van der Waals surface area contributed by atoms with E-state index in [1.54, 1.807) is 24.0 Å². The van der Waals surface area contributed by atoms with E-state index in [4.69, 9.17) is 0 Å². The first kappa shape index (κ1) is 13.3. The SMILES string of the molecule is Cn1cc(SCC(=O)c2cccc([N+](=O)[O-])c2)cn1. The fraction of sp³-hybridized carbons (Fsp3) is 0.167. The van der Waals surface area contributed by atoms with E-state index in [-0.39, 0.29) is 17.2 Å². The van der Waals surface area contributed by atoms with Gasteiger partial charge in [-0.15, -0.1) is 11.8 Å². The molecule has 0 aliphatic heterocycles. The Labute approximate surface area is 113 Å². The van der Waals surface area contributed by atoms with E-state index in [2.05, 4.69) is 5.10 Å². The van der Waals surface area contributed by atoms with Gasteiger partial charge in [0.2, 0.25) is 0 Å². The quantitative estimate of drug-likeness (QED) is 0.362. The molecule has 0 fully saturated rings. The summed E-state index contributed by atoms with van der Waals surface area (Å²) < 4.78 is 1.65. The van der Waals surface area contributed by atoms with E-state index in [1.807, 2.05) is 6.20 Å². The summed E-state index contributed by atoms with van der Waals surface area (Å²) in [6.07, 6.45) is 3.48. The molecule has 0 aliphatic rings. The van der Waals surface area contributed by atoms with Crippen LogP contribution in [0, 0.1) is 10.1 Å². The molecule has 7 heteroatoms. The normalized spacial score (nSPS) is 10.4. The van der Waals surface area contributed by atoms with Crippen LogP contribution in [-0.2, 0) is 7.05 Å². The summed E-state index contributed by atoms with van der Waals surface area (Å²) in [7, 11) is 1.80. The molecule has 2 rings (SSSR count). The molecule has 0 aliphatic carbocycles. The highest BCUT2D eigenvalue weighted by Gasteiger charge is 2.12. The summed E-state index contributed by atoms with van der Waals surface area (Å²) >= 11 is 1.36. The Balaban J connectivity index is 2.03. The van der Waals surface area contributed by atoms with Gasteiger partial charge in [0, 0.05) is 35.8 Å². The zero-order chi connectivity index (χ0) is 13.8. The molecule has 1 heterocycles. The molecule has 0 saturated carbocycles. The van der Waals surface area contributed by atoms with E-state index in [0.29, 0.717) is 5.56 Å². The standard InChI is InChI=1S/C12H11N3O3S/c1-14-7-11(6-13-14)19-8-12(16)9-3-2-4-10(5-9)15(17)18/h2-7H,8H2,1H3. The summed E-state index contributed by atoms with van der Waals surface area (Å²) in [4.78, 5) is 22.9. The molecule has 0 bridgehead atoms. The fourth-order valence-corrected chi connectivity index (χ4v) is 2.31. The number of nitro groups is 1. The van der Waals surface area contributed by atoms with E-state index in [0.717, 1.165) is 4.90 Å². The second-order valence-corrected chi connectivity index (χ2v) is 4.92. The Bertz CT molecular complexity index is 624. The van der Waals surface area contributed by atoms with Crippen LogP contribution in [-0.4, -0.2) is 26.2 Å². The minimum absolute atomic E-state index is 0.0720. The Hall–Kier alpha value is -2.15. The van der Waals surface area contributed by atoms with Crippen molar-refractivity contribution in [3.05, 3.63) is 52.3 Å². The summed E-state index contributed by atoms with van der Waals surface area (Å²) in [5.41, 5.74) is 0.280. The Morgan fingerprint density at radius 1 is 1.53 bits per heavy atom. The van der Waals surface area contributed by atoms with Crippen molar-refractivity contribution in [2.75, 3.05) is 5.75 Å². The fourth-order valence-electron chi connectivity index (χ4n) is 1.50. The van der Waals surface area contributed by atoms with Crippen molar-refractivity contribution in [1.29, 1.82) is 0 Å². The highest BCUT2D eigenvalue weighted by Crippen LogP contribution is 2.19. The lowest BCUT2D eigenvalue weighted by Crippen LogP contribution is -2.02. The number of benzene rings is 1.